The number of urea groups is 1. The Balaban J connectivity index is 1.78. The van der Waals surface area contributed by atoms with Crippen LogP contribution in [0.3, 0.4) is 0 Å². The van der Waals surface area contributed by atoms with Crippen LogP contribution in [0.4, 0.5) is 4.79 Å². The normalized spacial score (nSPS) is 16.2. The van der Waals surface area contributed by atoms with Crippen molar-refractivity contribution in [3.63, 3.8) is 0 Å². The Kier molecular flexibility index (Phi) is 5.26. The molecule has 20 heavy (non-hydrogen) atoms. The van der Waals surface area contributed by atoms with Crippen molar-refractivity contribution >= 4 is 17.6 Å². The first-order chi connectivity index (χ1) is 9.58. The molecule has 0 atom stereocenters. The highest BCUT2D eigenvalue weighted by atomic mass is 35.5. The molecule has 0 bridgehead atoms. The van der Waals surface area contributed by atoms with Gasteiger partial charge in [-0.25, -0.2) is 4.79 Å². The summed E-state index contributed by atoms with van der Waals surface area (Å²) in [5.74, 6) is 0. The van der Waals surface area contributed by atoms with Crippen LogP contribution in [0.2, 0.25) is 5.02 Å². The van der Waals surface area contributed by atoms with Gasteiger partial charge in [0.15, 0.2) is 0 Å². The highest BCUT2D eigenvalue weighted by Crippen LogP contribution is 2.16. The van der Waals surface area contributed by atoms with Gasteiger partial charge in [-0.05, 0) is 24.5 Å². The first kappa shape index (κ1) is 15.1. The highest BCUT2D eigenvalue weighted by Gasteiger charge is 2.23. The number of carbonyl (C=O) groups excluding carboxylic acids is 1. The fraction of sp³-hybridized carbons (Fsp3) is 0.533. The quantitative estimate of drug-likeness (QED) is 0.930. The molecule has 0 spiro atoms. The van der Waals surface area contributed by atoms with Gasteiger partial charge in [0, 0.05) is 44.8 Å². The van der Waals surface area contributed by atoms with E-state index >= 15 is 0 Å². The first-order valence-corrected chi connectivity index (χ1v) is 7.38. The van der Waals surface area contributed by atoms with Gasteiger partial charge in [-0.15, -0.1) is 0 Å². The highest BCUT2D eigenvalue weighted by molar-refractivity contribution is 6.31. The second kappa shape index (κ2) is 6.95. The number of hydrogen-bond acceptors (Lipinski definition) is 2. The van der Waals surface area contributed by atoms with E-state index in [-0.39, 0.29) is 6.03 Å². The minimum atomic E-state index is 0.106. The Labute approximate surface area is 125 Å². The zero-order valence-electron chi connectivity index (χ0n) is 12.1. The van der Waals surface area contributed by atoms with Crippen LogP contribution in [-0.4, -0.2) is 49.1 Å². The summed E-state index contributed by atoms with van der Waals surface area (Å²) in [5.41, 5.74) is 1.13. The number of carbonyl (C=O) groups is 1. The van der Waals surface area contributed by atoms with Crippen LogP contribution in [0.1, 0.15) is 18.4 Å². The van der Waals surface area contributed by atoms with Crippen molar-refractivity contribution in [2.45, 2.75) is 25.4 Å². The lowest BCUT2D eigenvalue weighted by molar-refractivity contribution is 0.152. The molecule has 1 aromatic carbocycles. The van der Waals surface area contributed by atoms with E-state index in [1.807, 2.05) is 29.2 Å². The molecule has 1 saturated heterocycles. The fourth-order valence-electron chi connectivity index (χ4n) is 2.45. The second-order valence-corrected chi connectivity index (χ2v) is 5.82. The maximum atomic E-state index is 11.8. The molecule has 0 saturated carbocycles. The van der Waals surface area contributed by atoms with Crippen LogP contribution in [0.25, 0.3) is 0 Å². The monoisotopic (exact) mass is 295 g/mol. The van der Waals surface area contributed by atoms with Crippen LogP contribution >= 0.6 is 11.6 Å². The molecule has 1 aliphatic heterocycles. The predicted octanol–water partition coefficient (Wildman–Crippen LogP) is 2.58. The van der Waals surface area contributed by atoms with E-state index in [2.05, 4.69) is 5.32 Å². The van der Waals surface area contributed by atoms with Gasteiger partial charge in [0.25, 0.3) is 0 Å². The van der Waals surface area contributed by atoms with Crippen LogP contribution < -0.4 is 5.32 Å². The topological polar surface area (TPSA) is 35.6 Å². The second-order valence-electron chi connectivity index (χ2n) is 5.41. The maximum absolute atomic E-state index is 11.8. The molecule has 5 heteroatoms. The zero-order chi connectivity index (χ0) is 14.5. The molecule has 2 rings (SSSR count). The molecule has 0 aromatic heterocycles. The minimum Gasteiger partial charge on any atom is -0.331 e. The average Bonchev–Trinajstić information content (AvgIpc) is 2.46. The zero-order valence-corrected chi connectivity index (χ0v) is 12.9. The lowest BCUT2D eigenvalue weighted by Crippen LogP contribution is -2.47. The molecule has 0 radical (unpaired) electrons. The predicted molar refractivity (Wildman–Crippen MR) is 82.0 cm³/mol. The molecule has 2 amide bonds. The third-order valence-corrected chi connectivity index (χ3v) is 4.06. The number of benzene rings is 1. The van der Waals surface area contributed by atoms with E-state index in [9.17, 15) is 4.79 Å². The number of halogens is 1. The lowest BCUT2D eigenvalue weighted by Gasteiger charge is -2.34. The molecule has 4 nitrogen and oxygen atoms in total. The molecular formula is C15H22ClN3O. The average molecular weight is 296 g/mol. The molecule has 1 fully saturated rings. The van der Waals surface area contributed by atoms with E-state index in [0.717, 1.165) is 43.1 Å². The number of nitrogens with one attached hydrogen (secondary N) is 1. The van der Waals surface area contributed by atoms with E-state index < -0.39 is 0 Å². The summed E-state index contributed by atoms with van der Waals surface area (Å²) >= 11 is 6.14. The van der Waals surface area contributed by atoms with E-state index in [4.69, 9.17) is 11.6 Å². The van der Waals surface area contributed by atoms with Crippen molar-refractivity contribution in [3.05, 3.63) is 34.9 Å². The Morgan fingerprint density at radius 3 is 2.60 bits per heavy atom. The van der Waals surface area contributed by atoms with E-state index in [0.29, 0.717) is 6.04 Å². The number of hydrogen-bond donors (Lipinski definition) is 1. The van der Waals surface area contributed by atoms with Gasteiger partial charge in [0.2, 0.25) is 0 Å². The third-order valence-electron chi connectivity index (χ3n) is 3.69. The summed E-state index contributed by atoms with van der Waals surface area (Å²) in [6.07, 6.45) is 1.98. The Morgan fingerprint density at radius 1 is 1.35 bits per heavy atom. The first-order valence-electron chi connectivity index (χ1n) is 7.01. The van der Waals surface area contributed by atoms with Crippen LogP contribution in [0, 0.1) is 0 Å². The fourth-order valence-corrected chi connectivity index (χ4v) is 2.66. The van der Waals surface area contributed by atoms with Gasteiger partial charge >= 0.3 is 6.03 Å². The van der Waals surface area contributed by atoms with Gasteiger partial charge in [0.05, 0.1) is 0 Å². The molecule has 1 N–H and O–H groups in total. The molecule has 1 aromatic rings. The maximum Gasteiger partial charge on any atom is 0.319 e. The molecule has 1 heterocycles. The summed E-state index contributed by atoms with van der Waals surface area (Å²) in [5, 5.41) is 4.34. The number of piperidine rings is 1. The summed E-state index contributed by atoms with van der Waals surface area (Å²) in [6, 6.07) is 8.46. The SMILES string of the molecule is CN(C)C(=O)N1CCC(NCc2ccccc2Cl)CC1. The van der Waals surface area contributed by atoms with E-state index in [1.165, 1.54) is 0 Å². The minimum absolute atomic E-state index is 0.106. The van der Waals surface area contributed by atoms with Gasteiger partial charge in [0.1, 0.15) is 0 Å². The number of rotatable bonds is 3. The standard InChI is InChI=1S/C15H22ClN3O/c1-18(2)15(20)19-9-7-13(8-10-19)17-11-12-5-3-4-6-14(12)16/h3-6,13,17H,7-11H2,1-2H3. The third kappa shape index (κ3) is 3.87. The van der Waals surface area contributed by atoms with Crippen molar-refractivity contribution in [2.24, 2.45) is 0 Å². The number of likely N-dealkylation sites (tertiary alicyclic amines) is 1. The van der Waals surface area contributed by atoms with Crippen molar-refractivity contribution in [1.29, 1.82) is 0 Å². The van der Waals surface area contributed by atoms with Gasteiger partial charge in [-0.1, -0.05) is 29.8 Å². The van der Waals surface area contributed by atoms with Gasteiger partial charge in [-0.3, -0.25) is 0 Å². The number of amides is 2. The van der Waals surface area contributed by atoms with E-state index in [1.54, 1.807) is 19.0 Å². The summed E-state index contributed by atoms with van der Waals surface area (Å²) in [7, 11) is 3.59. The summed E-state index contributed by atoms with van der Waals surface area (Å²) in [4.78, 5) is 15.4. The Bertz CT molecular complexity index is 456. The van der Waals surface area contributed by atoms with Crippen LogP contribution in [0.15, 0.2) is 24.3 Å². The molecule has 0 aliphatic carbocycles. The van der Waals surface area contributed by atoms with Gasteiger partial charge < -0.3 is 15.1 Å². The molecular weight excluding hydrogens is 274 g/mol. The van der Waals surface area contributed by atoms with Crippen molar-refractivity contribution < 1.29 is 4.79 Å². The van der Waals surface area contributed by atoms with Crippen molar-refractivity contribution in [1.82, 2.24) is 15.1 Å². The smallest absolute Gasteiger partial charge is 0.319 e. The molecule has 1 aliphatic rings. The van der Waals surface area contributed by atoms with Crippen molar-refractivity contribution in [2.75, 3.05) is 27.2 Å². The largest absolute Gasteiger partial charge is 0.331 e. The molecule has 0 unspecified atom stereocenters. The Hall–Kier alpha value is -1.26. The van der Waals surface area contributed by atoms with Gasteiger partial charge in [-0.2, -0.15) is 0 Å². The van der Waals surface area contributed by atoms with Crippen molar-refractivity contribution in [3.8, 4) is 0 Å². The number of nitrogens with zero attached hydrogens (tertiary/aromatic N) is 2. The van der Waals surface area contributed by atoms with Crippen LogP contribution in [-0.2, 0) is 6.54 Å². The lowest BCUT2D eigenvalue weighted by atomic mass is 10.0. The summed E-state index contributed by atoms with van der Waals surface area (Å²) < 4.78 is 0. The molecule has 110 valence electrons. The summed E-state index contributed by atoms with van der Waals surface area (Å²) in [6.45, 7) is 2.42. The van der Waals surface area contributed by atoms with Crippen LogP contribution in [0.5, 0.6) is 0 Å². The Morgan fingerprint density at radius 2 is 2.00 bits per heavy atom.